The highest BCUT2D eigenvalue weighted by molar-refractivity contribution is 7.99. The molecular weight excluding hydrogens is 591 g/mol. The van der Waals surface area contributed by atoms with Crippen molar-refractivity contribution in [2.24, 2.45) is 5.92 Å². The molecule has 0 aliphatic heterocycles. The number of carbonyl (C=O) groups excluding carboxylic acids is 3. The number of thioether (sulfide) groups is 1. The van der Waals surface area contributed by atoms with E-state index in [2.05, 4.69) is 10.6 Å². The molecule has 42 heavy (non-hydrogen) atoms. The van der Waals surface area contributed by atoms with Crippen LogP contribution in [0.1, 0.15) is 37.0 Å². The second-order valence-electron chi connectivity index (χ2n) is 9.53. The van der Waals surface area contributed by atoms with E-state index in [1.807, 2.05) is 0 Å². The highest BCUT2D eigenvalue weighted by atomic mass is 35.5. The molecule has 0 aliphatic carbocycles. The smallest absolute Gasteiger partial charge is 0.328 e. The van der Waals surface area contributed by atoms with E-state index in [0.29, 0.717) is 16.9 Å². The fourth-order valence-corrected chi connectivity index (χ4v) is 5.16. The van der Waals surface area contributed by atoms with Crippen LogP contribution < -0.4 is 15.4 Å². The van der Waals surface area contributed by atoms with Crippen LogP contribution in [0.3, 0.4) is 0 Å². The van der Waals surface area contributed by atoms with Gasteiger partial charge >= 0.3 is 11.9 Å². The number of carbonyl (C=O) groups is 5. The minimum absolute atomic E-state index is 0.0619. The van der Waals surface area contributed by atoms with E-state index in [-0.39, 0.29) is 28.5 Å². The molecule has 0 saturated carbocycles. The Morgan fingerprint density at radius 3 is 2.40 bits per heavy atom. The molecule has 0 fully saturated rings. The van der Waals surface area contributed by atoms with Gasteiger partial charge in [-0.1, -0.05) is 37.6 Å². The average Bonchev–Trinajstić information content (AvgIpc) is 2.91. The third-order valence-corrected chi connectivity index (χ3v) is 7.31. The average molecular weight is 623 g/mol. The molecule has 0 aromatic heterocycles. The molecule has 4 N–H and O–H groups in total. The monoisotopic (exact) mass is 622 g/mol. The Kier molecular flexibility index (Phi) is 13.5. The molecule has 226 valence electrons. The Labute approximate surface area is 251 Å². The van der Waals surface area contributed by atoms with Gasteiger partial charge in [0.1, 0.15) is 17.6 Å². The van der Waals surface area contributed by atoms with Gasteiger partial charge in [0.25, 0.3) is 0 Å². The van der Waals surface area contributed by atoms with Crippen molar-refractivity contribution in [2.75, 3.05) is 12.9 Å². The number of aliphatic carboxylic acids is 2. The minimum atomic E-state index is -1.38. The molecule has 0 bridgehead atoms. The first-order chi connectivity index (χ1) is 19.8. The van der Waals surface area contributed by atoms with Crippen LogP contribution in [0, 0.1) is 11.7 Å². The molecule has 0 unspecified atom stereocenters. The second kappa shape index (κ2) is 16.5. The van der Waals surface area contributed by atoms with E-state index < -0.39 is 59.8 Å². The molecule has 0 radical (unpaired) electrons. The summed E-state index contributed by atoms with van der Waals surface area (Å²) >= 11 is 7.04. The van der Waals surface area contributed by atoms with Crippen LogP contribution in [0.2, 0.25) is 5.02 Å². The largest absolute Gasteiger partial charge is 0.496 e. The molecule has 0 spiro atoms. The van der Waals surface area contributed by atoms with Crippen LogP contribution in [0.15, 0.2) is 42.5 Å². The maximum atomic E-state index is 14.0. The Bertz CT molecular complexity index is 1330. The number of amides is 2. The lowest BCUT2D eigenvalue weighted by Crippen LogP contribution is -2.54. The highest BCUT2D eigenvalue weighted by Crippen LogP contribution is 2.24. The molecule has 2 atom stereocenters. The summed E-state index contributed by atoms with van der Waals surface area (Å²) in [6, 6.07) is 6.49. The van der Waals surface area contributed by atoms with Gasteiger partial charge in [-0.15, -0.1) is 11.8 Å². The molecule has 0 saturated heterocycles. The van der Waals surface area contributed by atoms with Crippen LogP contribution in [0.25, 0.3) is 6.08 Å². The van der Waals surface area contributed by atoms with Crippen LogP contribution in [0.4, 0.5) is 4.39 Å². The predicted molar refractivity (Wildman–Crippen MR) is 157 cm³/mol. The summed E-state index contributed by atoms with van der Waals surface area (Å²) in [6.07, 6.45) is 1.42. The number of ketones is 1. The van der Waals surface area contributed by atoms with Crippen LogP contribution in [-0.4, -0.2) is 64.7 Å². The van der Waals surface area contributed by atoms with Crippen molar-refractivity contribution in [1.82, 2.24) is 10.6 Å². The number of ether oxygens (including phenoxy) is 1. The Balaban J connectivity index is 2.10. The number of methoxy groups -OCH3 is 1. The number of benzene rings is 2. The van der Waals surface area contributed by atoms with Crippen LogP contribution >= 0.6 is 23.4 Å². The molecule has 2 aromatic rings. The maximum absolute atomic E-state index is 14.0. The summed E-state index contributed by atoms with van der Waals surface area (Å²) in [6.45, 7) is 3.34. The summed E-state index contributed by atoms with van der Waals surface area (Å²) in [5.41, 5.74) is 1.17. The van der Waals surface area contributed by atoms with Gasteiger partial charge in [0.05, 0.1) is 31.7 Å². The van der Waals surface area contributed by atoms with Gasteiger partial charge in [0.2, 0.25) is 11.8 Å². The Hall–Kier alpha value is -3.90. The van der Waals surface area contributed by atoms with Crippen molar-refractivity contribution < 1.29 is 43.3 Å². The van der Waals surface area contributed by atoms with Crippen molar-refractivity contribution in [1.29, 1.82) is 0 Å². The number of hydrogen-bond acceptors (Lipinski definition) is 7. The number of carboxylic acid groups (broad SMARTS) is 2. The molecule has 10 nitrogen and oxygen atoms in total. The summed E-state index contributed by atoms with van der Waals surface area (Å²) in [7, 11) is 1.41. The van der Waals surface area contributed by atoms with Gasteiger partial charge in [0.15, 0.2) is 5.78 Å². The zero-order valence-corrected chi connectivity index (χ0v) is 24.8. The van der Waals surface area contributed by atoms with E-state index in [0.717, 1.165) is 17.8 Å². The Morgan fingerprint density at radius 2 is 1.81 bits per heavy atom. The molecule has 0 heterocycles. The predicted octanol–water partition coefficient (Wildman–Crippen LogP) is 3.73. The zero-order valence-electron chi connectivity index (χ0n) is 23.2. The molecular formula is C29H32ClFN2O8S. The lowest BCUT2D eigenvalue weighted by molar-refractivity contribution is -0.140. The van der Waals surface area contributed by atoms with Crippen molar-refractivity contribution in [3.63, 3.8) is 0 Å². The lowest BCUT2D eigenvalue weighted by Gasteiger charge is -2.25. The molecule has 2 aromatic carbocycles. The molecule has 0 aliphatic rings. The van der Waals surface area contributed by atoms with Gasteiger partial charge in [-0.25, -0.2) is 9.18 Å². The van der Waals surface area contributed by atoms with Gasteiger partial charge in [-0.05, 0) is 41.8 Å². The quantitative estimate of drug-likeness (QED) is 0.205. The number of rotatable bonds is 16. The first kappa shape index (κ1) is 34.3. The van der Waals surface area contributed by atoms with Crippen LogP contribution in [0.5, 0.6) is 5.75 Å². The SMILES string of the molecule is COc1ccc(/C=C/C(=O)O)cc1CC(=O)N[C@H](C(=O)N[C@@H](CC(=O)O)C(=O)CSCc1c(F)cccc1Cl)C(C)C. The second-order valence-corrected chi connectivity index (χ2v) is 10.9. The normalized spacial score (nSPS) is 12.5. The maximum Gasteiger partial charge on any atom is 0.328 e. The van der Waals surface area contributed by atoms with E-state index in [9.17, 15) is 33.5 Å². The van der Waals surface area contributed by atoms with Crippen LogP contribution in [-0.2, 0) is 36.1 Å². The first-order valence-electron chi connectivity index (χ1n) is 12.7. The molecule has 13 heteroatoms. The summed E-state index contributed by atoms with van der Waals surface area (Å²) in [5.74, 6) is -5.08. The number of halogens is 2. The first-order valence-corrected chi connectivity index (χ1v) is 14.3. The van der Waals surface area contributed by atoms with Gasteiger partial charge in [0, 0.05) is 28.0 Å². The molecule has 2 rings (SSSR count). The van der Waals surface area contributed by atoms with E-state index in [1.165, 1.54) is 31.4 Å². The number of hydrogen-bond donors (Lipinski definition) is 4. The van der Waals surface area contributed by atoms with E-state index in [1.54, 1.807) is 32.0 Å². The number of Topliss-reactive ketones (excluding diaryl/α,β-unsaturated/α-hetero) is 1. The van der Waals surface area contributed by atoms with E-state index in [4.69, 9.17) is 21.4 Å². The van der Waals surface area contributed by atoms with Gasteiger partial charge < -0.3 is 25.6 Å². The van der Waals surface area contributed by atoms with Crippen molar-refractivity contribution in [3.8, 4) is 5.75 Å². The summed E-state index contributed by atoms with van der Waals surface area (Å²) < 4.78 is 19.3. The van der Waals surface area contributed by atoms with Gasteiger partial charge in [-0.3, -0.25) is 19.2 Å². The topological polar surface area (TPSA) is 159 Å². The fraction of sp³-hybridized carbons (Fsp3) is 0.345. The van der Waals surface area contributed by atoms with E-state index >= 15 is 0 Å². The standard InChI is InChI=1S/C29H32ClFN2O8S/c1-16(2)28(33-25(35)12-18-11-17(8-10-26(36)37)7-9-24(18)41-3)29(40)32-22(13-27(38)39)23(34)15-42-14-19-20(30)5-4-6-21(19)31/h4-11,16,22,28H,12-15H2,1-3H3,(H,32,40)(H,33,35)(H,36,37)(H,38,39)/b10-8+/t22-,28-/m0/s1. The third kappa shape index (κ3) is 10.8. The zero-order chi connectivity index (χ0) is 31.4. The third-order valence-electron chi connectivity index (χ3n) is 5.98. The Morgan fingerprint density at radius 1 is 1.10 bits per heavy atom. The van der Waals surface area contributed by atoms with Crippen molar-refractivity contribution in [3.05, 3.63) is 70.0 Å². The summed E-state index contributed by atoms with van der Waals surface area (Å²) in [5, 5.41) is 23.4. The highest BCUT2D eigenvalue weighted by Gasteiger charge is 2.30. The number of carboxylic acids is 2. The fourth-order valence-electron chi connectivity index (χ4n) is 3.85. The summed E-state index contributed by atoms with van der Waals surface area (Å²) in [4.78, 5) is 61.2. The number of nitrogens with one attached hydrogen (secondary N) is 2. The van der Waals surface area contributed by atoms with Gasteiger partial charge in [-0.2, -0.15) is 0 Å². The minimum Gasteiger partial charge on any atom is -0.496 e. The molecule has 2 amide bonds. The van der Waals surface area contributed by atoms with Crippen molar-refractivity contribution >= 4 is 59.0 Å². The van der Waals surface area contributed by atoms with Crippen molar-refractivity contribution in [2.45, 2.75) is 44.5 Å². The lowest BCUT2D eigenvalue weighted by atomic mass is 10.0.